The van der Waals surface area contributed by atoms with Crippen LogP contribution in [0.1, 0.15) is 31.4 Å². The molecule has 0 spiro atoms. The van der Waals surface area contributed by atoms with Gasteiger partial charge in [0, 0.05) is 13.0 Å². The number of benzene rings is 1. The van der Waals surface area contributed by atoms with Gasteiger partial charge in [-0.1, -0.05) is 37.3 Å². The lowest BCUT2D eigenvalue weighted by molar-refractivity contribution is -0.141. The summed E-state index contributed by atoms with van der Waals surface area (Å²) in [6.45, 7) is 2.00. The number of amides is 2. The quantitative estimate of drug-likeness (QED) is 0.781. The molecule has 1 aromatic carbocycles. The van der Waals surface area contributed by atoms with Crippen molar-refractivity contribution >= 4 is 12.0 Å². The molecule has 2 amide bonds. The summed E-state index contributed by atoms with van der Waals surface area (Å²) in [5.41, 5.74) is 0.972. The molecule has 1 heterocycles. The highest BCUT2D eigenvalue weighted by Crippen LogP contribution is 2.21. The SMILES string of the molecule is CCC(NC(=O)N1C[C@H](O)C[C@@H]1C(=O)O)c1ccccc1. The lowest BCUT2D eigenvalue weighted by Gasteiger charge is -2.25. The summed E-state index contributed by atoms with van der Waals surface area (Å²) >= 11 is 0. The number of carbonyl (C=O) groups is 2. The first-order valence-electron chi connectivity index (χ1n) is 7.05. The molecule has 1 saturated heterocycles. The van der Waals surface area contributed by atoms with Crippen LogP contribution in [0, 0.1) is 0 Å². The Morgan fingerprint density at radius 2 is 2.05 bits per heavy atom. The fraction of sp³-hybridized carbons (Fsp3) is 0.467. The van der Waals surface area contributed by atoms with Crippen molar-refractivity contribution in [3.05, 3.63) is 35.9 Å². The Balaban J connectivity index is 2.07. The molecule has 1 unspecified atom stereocenters. The van der Waals surface area contributed by atoms with E-state index in [2.05, 4.69) is 5.32 Å². The molecule has 6 heteroatoms. The standard InChI is InChI=1S/C15H20N2O4/c1-2-12(10-6-4-3-5-7-10)16-15(21)17-9-11(18)8-13(17)14(19)20/h3-7,11-13,18H,2,8-9H2,1H3,(H,16,21)(H,19,20)/t11-,12?,13-/m1/s1. The topological polar surface area (TPSA) is 89.9 Å². The number of likely N-dealkylation sites (tertiary alicyclic amines) is 1. The maximum absolute atomic E-state index is 12.3. The van der Waals surface area contributed by atoms with E-state index >= 15 is 0 Å². The largest absolute Gasteiger partial charge is 0.480 e. The van der Waals surface area contributed by atoms with Crippen LogP contribution >= 0.6 is 0 Å². The minimum absolute atomic E-state index is 0.0496. The van der Waals surface area contributed by atoms with E-state index in [0.29, 0.717) is 6.42 Å². The van der Waals surface area contributed by atoms with Crippen LogP contribution in [-0.4, -0.2) is 45.8 Å². The zero-order valence-electron chi connectivity index (χ0n) is 11.9. The molecule has 0 radical (unpaired) electrons. The van der Waals surface area contributed by atoms with Crippen molar-refractivity contribution in [3.63, 3.8) is 0 Å². The van der Waals surface area contributed by atoms with Gasteiger partial charge >= 0.3 is 12.0 Å². The molecule has 21 heavy (non-hydrogen) atoms. The average Bonchev–Trinajstić information content (AvgIpc) is 2.88. The second kappa shape index (κ2) is 6.58. The van der Waals surface area contributed by atoms with Gasteiger partial charge in [-0.25, -0.2) is 9.59 Å². The Kier molecular flexibility index (Phi) is 4.80. The van der Waals surface area contributed by atoms with Crippen molar-refractivity contribution in [2.45, 2.75) is 38.0 Å². The third kappa shape index (κ3) is 3.52. The summed E-state index contributed by atoms with van der Waals surface area (Å²) in [4.78, 5) is 24.6. The molecule has 1 aromatic rings. The number of β-amino-alcohol motifs (C(OH)–C–C–N with tert-alkyl or cyclic N) is 1. The second-order valence-electron chi connectivity index (χ2n) is 5.22. The molecular formula is C15H20N2O4. The molecule has 0 saturated carbocycles. The molecule has 2 rings (SSSR count). The molecule has 114 valence electrons. The van der Waals surface area contributed by atoms with E-state index in [0.717, 1.165) is 5.56 Å². The number of urea groups is 1. The van der Waals surface area contributed by atoms with Crippen molar-refractivity contribution < 1.29 is 19.8 Å². The normalized spacial score (nSPS) is 22.9. The van der Waals surface area contributed by atoms with Crippen LogP contribution in [0.25, 0.3) is 0 Å². The van der Waals surface area contributed by atoms with Crippen LogP contribution in [0.2, 0.25) is 0 Å². The van der Waals surface area contributed by atoms with Crippen molar-refractivity contribution in [2.24, 2.45) is 0 Å². The van der Waals surface area contributed by atoms with Crippen molar-refractivity contribution in [3.8, 4) is 0 Å². The Morgan fingerprint density at radius 3 is 2.62 bits per heavy atom. The van der Waals surface area contributed by atoms with Gasteiger partial charge < -0.3 is 20.4 Å². The Labute approximate surface area is 123 Å². The summed E-state index contributed by atoms with van der Waals surface area (Å²) in [7, 11) is 0. The first kappa shape index (κ1) is 15.3. The Morgan fingerprint density at radius 1 is 1.38 bits per heavy atom. The third-order valence-corrected chi connectivity index (χ3v) is 3.73. The number of aliphatic hydroxyl groups excluding tert-OH is 1. The fourth-order valence-corrected chi connectivity index (χ4v) is 2.61. The molecule has 6 nitrogen and oxygen atoms in total. The van der Waals surface area contributed by atoms with Crippen LogP contribution in [-0.2, 0) is 4.79 Å². The highest BCUT2D eigenvalue weighted by Gasteiger charge is 2.39. The van der Waals surface area contributed by atoms with Gasteiger partial charge in [0.2, 0.25) is 0 Å². The number of hydrogen-bond donors (Lipinski definition) is 3. The zero-order chi connectivity index (χ0) is 15.4. The molecule has 1 aliphatic heterocycles. The van der Waals surface area contributed by atoms with Crippen LogP contribution in [0.3, 0.4) is 0 Å². The summed E-state index contributed by atoms with van der Waals surface area (Å²) in [5.74, 6) is -1.09. The Hall–Kier alpha value is -2.08. The number of hydrogen-bond acceptors (Lipinski definition) is 3. The molecule has 0 aromatic heterocycles. The van der Waals surface area contributed by atoms with Gasteiger partial charge in [-0.3, -0.25) is 0 Å². The predicted octanol–water partition coefficient (Wildman–Crippen LogP) is 1.37. The molecule has 0 bridgehead atoms. The minimum Gasteiger partial charge on any atom is -0.480 e. The molecule has 1 fully saturated rings. The van der Waals surface area contributed by atoms with E-state index in [1.807, 2.05) is 37.3 Å². The zero-order valence-corrected chi connectivity index (χ0v) is 11.9. The van der Waals surface area contributed by atoms with E-state index in [-0.39, 0.29) is 19.0 Å². The second-order valence-corrected chi connectivity index (χ2v) is 5.22. The van der Waals surface area contributed by atoms with Gasteiger partial charge in [0.25, 0.3) is 0 Å². The van der Waals surface area contributed by atoms with Crippen molar-refractivity contribution in [1.82, 2.24) is 10.2 Å². The molecule has 3 N–H and O–H groups in total. The first-order valence-corrected chi connectivity index (χ1v) is 7.05. The lowest BCUT2D eigenvalue weighted by Crippen LogP contribution is -2.47. The van der Waals surface area contributed by atoms with Crippen LogP contribution in [0.4, 0.5) is 4.79 Å². The van der Waals surface area contributed by atoms with Gasteiger partial charge in [0.1, 0.15) is 6.04 Å². The molecule has 0 aliphatic carbocycles. The minimum atomic E-state index is -1.09. The van der Waals surface area contributed by atoms with Crippen LogP contribution in [0.15, 0.2) is 30.3 Å². The van der Waals surface area contributed by atoms with Gasteiger partial charge in [-0.2, -0.15) is 0 Å². The maximum Gasteiger partial charge on any atom is 0.326 e. The van der Waals surface area contributed by atoms with Crippen LogP contribution < -0.4 is 5.32 Å². The monoisotopic (exact) mass is 292 g/mol. The third-order valence-electron chi connectivity index (χ3n) is 3.73. The van der Waals surface area contributed by atoms with Crippen molar-refractivity contribution in [2.75, 3.05) is 6.54 Å². The van der Waals surface area contributed by atoms with E-state index in [4.69, 9.17) is 5.11 Å². The van der Waals surface area contributed by atoms with Gasteiger partial charge in [-0.15, -0.1) is 0 Å². The van der Waals surface area contributed by atoms with Crippen molar-refractivity contribution in [1.29, 1.82) is 0 Å². The molecular weight excluding hydrogens is 272 g/mol. The number of carboxylic acid groups (broad SMARTS) is 1. The number of rotatable bonds is 4. The van der Waals surface area contributed by atoms with Gasteiger partial charge in [0.15, 0.2) is 0 Å². The summed E-state index contributed by atoms with van der Waals surface area (Å²) in [6.07, 6.45) is -0.0111. The number of carboxylic acids is 1. The highest BCUT2D eigenvalue weighted by molar-refractivity contribution is 5.83. The molecule has 1 aliphatic rings. The lowest BCUT2D eigenvalue weighted by atomic mass is 10.1. The average molecular weight is 292 g/mol. The van der Waals surface area contributed by atoms with E-state index < -0.39 is 24.1 Å². The number of aliphatic hydroxyl groups is 1. The Bertz CT molecular complexity index is 506. The van der Waals surface area contributed by atoms with Crippen LogP contribution in [0.5, 0.6) is 0 Å². The predicted molar refractivity (Wildman–Crippen MR) is 76.8 cm³/mol. The van der Waals surface area contributed by atoms with Gasteiger partial charge in [0.05, 0.1) is 12.1 Å². The number of nitrogens with one attached hydrogen (secondary N) is 1. The summed E-state index contributed by atoms with van der Waals surface area (Å²) < 4.78 is 0. The number of carbonyl (C=O) groups excluding carboxylic acids is 1. The highest BCUT2D eigenvalue weighted by atomic mass is 16.4. The first-order chi connectivity index (χ1) is 10.0. The maximum atomic E-state index is 12.3. The van der Waals surface area contributed by atoms with E-state index in [1.54, 1.807) is 0 Å². The van der Waals surface area contributed by atoms with E-state index in [1.165, 1.54) is 4.90 Å². The number of aliphatic carboxylic acids is 1. The van der Waals surface area contributed by atoms with Gasteiger partial charge in [-0.05, 0) is 12.0 Å². The van der Waals surface area contributed by atoms with E-state index in [9.17, 15) is 14.7 Å². The summed E-state index contributed by atoms with van der Waals surface area (Å²) in [6, 6.07) is 7.93. The fourth-order valence-electron chi connectivity index (χ4n) is 2.61. The number of nitrogens with zero attached hydrogens (tertiary/aromatic N) is 1. The smallest absolute Gasteiger partial charge is 0.326 e. The molecule has 3 atom stereocenters. The summed E-state index contributed by atoms with van der Waals surface area (Å²) in [5, 5.41) is 21.6.